The molecule has 0 fully saturated rings. The number of hydrogen-bond donors (Lipinski definition) is 4. The second kappa shape index (κ2) is 4.47. The maximum Gasteiger partial charge on any atom is 0.200 e. The number of Topliss-reactive ketones (excluding diaryl/α,β-unsaturated/α-hetero) is 1. The van der Waals surface area contributed by atoms with Gasteiger partial charge in [-0.3, -0.25) is 4.79 Å². The van der Waals surface area contributed by atoms with Gasteiger partial charge >= 0.3 is 0 Å². The Morgan fingerprint density at radius 3 is 2.35 bits per heavy atom. The molecule has 0 radical (unpaired) electrons. The van der Waals surface area contributed by atoms with Gasteiger partial charge in [-0.1, -0.05) is 6.07 Å². The van der Waals surface area contributed by atoms with E-state index in [0.29, 0.717) is 22.1 Å². The number of carbonyl (C=O) groups excluding carboxylic acids is 1. The number of ketones is 1. The number of benzene rings is 3. The molecular weight excluding hydrogens is 296 g/mol. The molecule has 4 rings (SSSR count). The molecule has 114 valence electrons. The first-order chi connectivity index (χ1) is 11.0. The molecule has 0 amide bonds. The first-order valence-electron chi connectivity index (χ1n) is 7.01. The predicted octanol–water partition coefficient (Wildman–Crippen LogP) is 2.85. The van der Waals surface area contributed by atoms with E-state index in [1.807, 2.05) is 0 Å². The molecule has 0 aliphatic heterocycles. The van der Waals surface area contributed by atoms with Gasteiger partial charge in [0.25, 0.3) is 0 Å². The van der Waals surface area contributed by atoms with Crippen LogP contribution >= 0.6 is 0 Å². The van der Waals surface area contributed by atoms with Crippen molar-refractivity contribution in [3.8, 4) is 28.4 Å². The quantitative estimate of drug-likeness (QED) is 0.512. The molecular formula is C18H12O5. The summed E-state index contributed by atoms with van der Waals surface area (Å²) < 4.78 is 0. The predicted molar refractivity (Wildman–Crippen MR) is 83.7 cm³/mol. The Kier molecular flexibility index (Phi) is 2.64. The van der Waals surface area contributed by atoms with Gasteiger partial charge in [0, 0.05) is 11.6 Å². The molecule has 4 N–H and O–H groups in total. The molecule has 0 bridgehead atoms. The molecule has 0 heterocycles. The number of rotatable bonds is 0. The van der Waals surface area contributed by atoms with E-state index in [4.69, 9.17) is 0 Å². The number of hydrogen-bond acceptors (Lipinski definition) is 5. The van der Waals surface area contributed by atoms with Crippen LogP contribution in [0.2, 0.25) is 0 Å². The molecule has 3 aromatic rings. The van der Waals surface area contributed by atoms with Crippen molar-refractivity contribution in [1.29, 1.82) is 0 Å². The van der Waals surface area contributed by atoms with Crippen LogP contribution in [0, 0.1) is 0 Å². The number of aromatic hydroxyl groups is 3. The SMILES string of the molecule is O=C1c2c(O)cc(O)cc2-c2cc3ccc(O)cc3cc2C1O. The second-order valence-electron chi connectivity index (χ2n) is 5.63. The molecule has 1 aliphatic rings. The van der Waals surface area contributed by atoms with E-state index in [-0.39, 0.29) is 22.8 Å². The van der Waals surface area contributed by atoms with Gasteiger partial charge in [0.2, 0.25) is 0 Å². The summed E-state index contributed by atoms with van der Waals surface area (Å²) in [6.45, 7) is 0. The molecule has 0 aromatic heterocycles. The second-order valence-corrected chi connectivity index (χ2v) is 5.63. The minimum Gasteiger partial charge on any atom is -0.508 e. The lowest BCUT2D eigenvalue weighted by atomic mass is 9.81. The van der Waals surface area contributed by atoms with E-state index >= 15 is 0 Å². The van der Waals surface area contributed by atoms with E-state index in [9.17, 15) is 25.2 Å². The van der Waals surface area contributed by atoms with E-state index in [1.165, 1.54) is 6.07 Å². The van der Waals surface area contributed by atoms with Crippen LogP contribution in [0.3, 0.4) is 0 Å². The number of fused-ring (bicyclic) bond motifs is 4. The lowest BCUT2D eigenvalue weighted by Crippen LogP contribution is -2.19. The van der Waals surface area contributed by atoms with Crippen molar-refractivity contribution in [1.82, 2.24) is 0 Å². The fourth-order valence-corrected chi connectivity index (χ4v) is 3.12. The monoisotopic (exact) mass is 308 g/mol. The Bertz CT molecular complexity index is 990. The lowest BCUT2D eigenvalue weighted by Gasteiger charge is -2.24. The Balaban J connectivity index is 2.12. The zero-order chi connectivity index (χ0) is 16.3. The molecule has 0 spiro atoms. The van der Waals surface area contributed by atoms with Gasteiger partial charge in [-0.05, 0) is 52.2 Å². The van der Waals surface area contributed by atoms with Crippen LogP contribution in [0.5, 0.6) is 17.2 Å². The van der Waals surface area contributed by atoms with E-state index in [1.54, 1.807) is 30.3 Å². The fourth-order valence-electron chi connectivity index (χ4n) is 3.12. The smallest absolute Gasteiger partial charge is 0.200 e. The topological polar surface area (TPSA) is 98.0 Å². The third-order valence-electron chi connectivity index (χ3n) is 4.17. The normalized spacial score (nSPS) is 16.2. The van der Waals surface area contributed by atoms with E-state index in [0.717, 1.165) is 11.5 Å². The summed E-state index contributed by atoms with van der Waals surface area (Å²) in [5.74, 6) is -1.06. The third kappa shape index (κ3) is 1.87. The number of aliphatic hydroxyl groups excluding tert-OH is 1. The molecule has 1 atom stereocenters. The number of aliphatic hydroxyl groups is 1. The zero-order valence-corrected chi connectivity index (χ0v) is 11.8. The summed E-state index contributed by atoms with van der Waals surface area (Å²) in [7, 11) is 0. The first-order valence-corrected chi connectivity index (χ1v) is 7.01. The minimum absolute atomic E-state index is 0.000860. The lowest BCUT2D eigenvalue weighted by molar-refractivity contribution is 0.0741. The van der Waals surface area contributed by atoms with Gasteiger partial charge < -0.3 is 20.4 Å². The minimum atomic E-state index is -1.40. The van der Waals surface area contributed by atoms with Crippen molar-refractivity contribution in [2.45, 2.75) is 6.10 Å². The fraction of sp³-hybridized carbons (Fsp3) is 0.0556. The average molecular weight is 308 g/mol. The van der Waals surface area contributed by atoms with Crippen LogP contribution in [0.4, 0.5) is 0 Å². The molecule has 5 heteroatoms. The summed E-state index contributed by atoms with van der Waals surface area (Å²) in [5.41, 5.74) is 1.32. The molecule has 1 unspecified atom stereocenters. The van der Waals surface area contributed by atoms with Gasteiger partial charge in [0.15, 0.2) is 5.78 Å². The highest BCUT2D eigenvalue weighted by atomic mass is 16.3. The van der Waals surface area contributed by atoms with Crippen molar-refractivity contribution >= 4 is 16.6 Å². The molecule has 0 saturated heterocycles. The Hall–Kier alpha value is -3.05. The Morgan fingerprint density at radius 1 is 0.783 bits per heavy atom. The van der Waals surface area contributed by atoms with Crippen molar-refractivity contribution in [2.75, 3.05) is 0 Å². The van der Waals surface area contributed by atoms with Crippen molar-refractivity contribution in [2.24, 2.45) is 0 Å². The number of phenolic OH excluding ortho intramolecular Hbond substituents is 3. The first kappa shape index (κ1) is 13.6. The van der Waals surface area contributed by atoms with Gasteiger partial charge in [-0.15, -0.1) is 0 Å². The summed E-state index contributed by atoms with van der Waals surface area (Å²) in [6.07, 6.45) is -1.40. The van der Waals surface area contributed by atoms with E-state index in [2.05, 4.69) is 0 Å². The number of phenols is 3. The van der Waals surface area contributed by atoms with Gasteiger partial charge in [-0.2, -0.15) is 0 Å². The number of carbonyl (C=O) groups is 1. The molecule has 23 heavy (non-hydrogen) atoms. The van der Waals surface area contributed by atoms with Crippen molar-refractivity contribution in [3.05, 3.63) is 53.6 Å². The summed E-state index contributed by atoms with van der Waals surface area (Å²) >= 11 is 0. The summed E-state index contributed by atoms with van der Waals surface area (Å²) in [5, 5.41) is 41.1. The molecule has 1 aliphatic carbocycles. The van der Waals surface area contributed by atoms with Gasteiger partial charge in [-0.25, -0.2) is 0 Å². The Labute approximate surface area is 130 Å². The van der Waals surface area contributed by atoms with Crippen molar-refractivity contribution < 1.29 is 25.2 Å². The van der Waals surface area contributed by atoms with Crippen LogP contribution in [-0.4, -0.2) is 26.2 Å². The highest BCUT2D eigenvalue weighted by Crippen LogP contribution is 2.45. The van der Waals surface area contributed by atoms with E-state index < -0.39 is 11.9 Å². The third-order valence-corrected chi connectivity index (χ3v) is 4.17. The zero-order valence-electron chi connectivity index (χ0n) is 11.8. The van der Waals surface area contributed by atoms with Crippen LogP contribution < -0.4 is 0 Å². The standard InChI is InChI=1S/C18H12O5/c19-10-2-1-8-4-12-13-6-11(20)7-15(21)16(13)18(23)17(22)14(12)5-9(8)3-10/h1-7,17,19-22H. The van der Waals surface area contributed by atoms with Crippen LogP contribution in [0.15, 0.2) is 42.5 Å². The van der Waals surface area contributed by atoms with Gasteiger partial charge in [0.1, 0.15) is 23.4 Å². The van der Waals surface area contributed by atoms with Crippen LogP contribution in [0.25, 0.3) is 21.9 Å². The highest BCUT2D eigenvalue weighted by molar-refractivity contribution is 6.12. The largest absolute Gasteiger partial charge is 0.508 e. The summed E-state index contributed by atoms with van der Waals surface area (Å²) in [6, 6.07) is 10.7. The summed E-state index contributed by atoms with van der Waals surface area (Å²) in [4.78, 5) is 12.4. The average Bonchev–Trinajstić information content (AvgIpc) is 2.50. The van der Waals surface area contributed by atoms with Crippen LogP contribution in [0.1, 0.15) is 22.0 Å². The maximum absolute atomic E-state index is 12.4. The molecule has 3 aromatic carbocycles. The molecule has 0 saturated carbocycles. The Morgan fingerprint density at radius 2 is 1.57 bits per heavy atom. The van der Waals surface area contributed by atoms with Crippen molar-refractivity contribution in [3.63, 3.8) is 0 Å². The van der Waals surface area contributed by atoms with Crippen LogP contribution in [-0.2, 0) is 0 Å². The highest BCUT2D eigenvalue weighted by Gasteiger charge is 2.33. The molecule has 5 nitrogen and oxygen atoms in total. The maximum atomic E-state index is 12.4. The van der Waals surface area contributed by atoms with Gasteiger partial charge in [0.05, 0.1) is 5.56 Å².